The van der Waals surface area contributed by atoms with Gasteiger partial charge in [0.25, 0.3) is 0 Å². The van der Waals surface area contributed by atoms with Crippen LogP contribution in [0, 0.1) is 24.1 Å². The fourth-order valence-corrected chi connectivity index (χ4v) is 2.49. The van der Waals surface area contributed by atoms with Crippen molar-refractivity contribution in [3.05, 3.63) is 45.3 Å². The first-order chi connectivity index (χ1) is 10.8. The van der Waals surface area contributed by atoms with Crippen LogP contribution < -0.4 is 10.4 Å². The van der Waals surface area contributed by atoms with Crippen LogP contribution in [-0.2, 0) is 13.5 Å². The number of imidazole rings is 1. The maximum Gasteiger partial charge on any atom is 0.332 e. The largest absolute Gasteiger partial charge is 0.479 e. The van der Waals surface area contributed by atoms with Crippen molar-refractivity contribution >= 4 is 11.6 Å². The summed E-state index contributed by atoms with van der Waals surface area (Å²) in [5.41, 5.74) is 0.576. The maximum atomic E-state index is 14.3. The summed E-state index contributed by atoms with van der Waals surface area (Å²) in [6.45, 7) is 4.11. The molecule has 6 heteroatoms. The number of nitrogens with zero attached hydrogens (tertiary/aromatic N) is 2. The lowest BCUT2D eigenvalue weighted by Gasteiger charge is -2.09. The summed E-state index contributed by atoms with van der Waals surface area (Å²) in [5, 5.41) is 0.105. The summed E-state index contributed by atoms with van der Waals surface area (Å²) >= 11 is 5.94. The van der Waals surface area contributed by atoms with Gasteiger partial charge in [-0.25, -0.2) is 9.18 Å². The number of ether oxygens (including phenoxy) is 1. The second-order valence-electron chi connectivity index (χ2n) is 5.66. The molecule has 0 unspecified atom stereocenters. The minimum absolute atomic E-state index is 0.00702. The van der Waals surface area contributed by atoms with E-state index in [0.717, 1.165) is 11.8 Å². The topological polar surface area (TPSA) is 36.2 Å². The molecule has 1 aromatic heterocycles. The number of benzene rings is 1. The zero-order valence-electron chi connectivity index (χ0n) is 13.3. The molecule has 0 aliphatic rings. The zero-order valence-corrected chi connectivity index (χ0v) is 14.0. The van der Waals surface area contributed by atoms with Crippen molar-refractivity contribution in [1.82, 2.24) is 9.13 Å². The molecule has 1 heterocycles. The van der Waals surface area contributed by atoms with Crippen LogP contribution in [0.25, 0.3) is 5.69 Å². The number of rotatable bonds is 5. The standard InChI is InChI=1S/C17H18ClFN2O2/c1-5-6-23-16-9-15(14(19)8-13(16)18)21-10-12(7-11(2)3)20(4)17(21)22/h1,8-11H,6-7H2,2-4H3. The van der Waals surface area contributed by atoms with Crippen LogP contribution in [-0.4, -0.2) is 15.7 Å². The summed E-state index contributed by atoms with van der Waals surface area (Å²) < 4.78 is 22.3. The first-order valence-electron chi connectivity index (χ1n) is 7.18. The van der Waals surface area contributed by atoms with Gasteiger partial charge in [0.05, 0.1) is 10.7 Å². The number of hydrogen-bond donors (Lipinski definition) is 0. The van der Waals surface area contributed by atoms with E-state index < -0.39 is 5.82 Å². The first-order valence-corrected chi connectivity index (χ1v) is 7.55. The molecule has 0 aliphatic carbocycles. The average molecular weight is 337 g/mol. The Balaban J connectivity index is 2.54. The minimum Gasteiger partial charge on any atom is -0.479 e. The fraction of sp³-hybridized carbons (Fsp3) is 0.353. The third-order valence-electron chi connectivity index (χ3n) is 3.39. The van der Waals surface area contributed by atoms with Crippen molar-refractivity contribution in [2.75, 3.05) is 6.61 Å². The molecule has 0 fully saturated rings. The van der Waals surface area contributed by atoms with Crippen molar-refractivity contribution in [3.63, 3.8) is 0 Å². The molecule has 0 spiro atoms. The van der Waals surface area contributed by atoms with Crippen molar-refractivity contribution in [2.24, 2.45) is 13.0 Å². The predicted octanol–water partition coefficient (Wildman–Crippen LogP) is 3.18. The van der Waals surface area contributed by atoms with Crippen LogP contribution in [0.2, 0.25) is 5.02 Å². The van der Waals surface area contributed by atoms with Gasteiger partial charge in [0, 0.05) is 25.0 Å². The van der Waals surface area contributed by atoms with Gasteiger partial charge in [-0.1, -0.05) is 31.4 Å². The van der Waals surface area contributed by atoms with Gasteiger partial charge in [-0.15, -0.1) is 6.42 Å². The Morgan fingerprint density at radius 3 is 2.74 bits per heavy atom. The Labute approximate surface area is 139 Å². The molecule has 0 saturated heterocycles. The van der Waals surface area contributed by atoms with Crippen LogP contribution in [0.4, 0.5) is 4.39 Å². The summed E-state index contributed by atoms with van der Waals surface area (Å²) in [4.78, 5) is 12.4. The summed E-state index contributed by atoms with van der Waals surface area (Å²) in [5.74, 6) is 2.33. The molecule has 2 aromatic rings. The van der Waals surface area contributed by atoms with Crippen LogP contribution in [0.15, 0.2) is 23.1 Å². The van der Waals surface area contributed by atoms with Crippen LogP contribution in [0.5, 0.6) is 5.75 Å². The summed E-state index contributed by atoms with van der Waals surface area (Å²) in [6, 6.07) is 2.50. The molecule has 0 radical (unpaired) electrons. The van der Waals surface area contributed by atoms with Gasteiger partial charge in [0.1, 0.15) is 18.2 Å². The van der Waals surface area contributed by atoms with E-state index in [1.807, 2.05) is 0 Å². The summed E-state index contributed by atoms with van der Waals surface area (Å²) in [6.07, 6.45) is 7.50. The molecule has 122 valence electrons. The molecule has 0 atom stereocenters. The van der Waals surface area contributed by atoms with Gasteiger partial charge in [0.2, 0.25) is 0 Å². The van der Waals surface area contributed by atoms with E-state index in [1.54, 1.807) is 13.2 Å². The number of terminal acetylenes is 1. The molecular formula is C17H18ClFN2O2. The normalized spacial score (nSPS) is 10.8. The number of halogens is 2. The highest BCUT2D eigenvalue weighted by Gasteiger charge is 2.16. The second-order valence-corrected chi connectivity index (χ2v) is 6.06. The van der Waals surface area contributed by atoms with Crippen LogP contribution in [0.1, 0.15) is 19.5 Å². The molecule has 0 bridgehead atoms. The van der Waals surface area contributed by atoms with Gasteiger partial charge in [-0.2, -0.15) is 0 Å². The Morgan fingerprint density at radius 2 is 2.13 bits per heavy atom. The van der Waals surface area contributed by atoms with Gasteiger partial charge in [-0.3, -0.25) is 9.13 Å². The van der Waals surface area contributed by atoms with E-state index in [2.05, 4.69) is 19.8 Å². The van der Waals surface area contributed by atoms with Crippen LogP contribution >= 0.6 is 11.6 Å². The molecular weight excluding hydrogens is 319 g/mol. The molecule has 0 N–H and O–H groups in total. The van der Waals surface area contributed by atoms with E-state index in [0.29, 0.717) is 12.3 Å². The highest BCUT2D eigenvalue weighted by molar-refractivity contribution is 6.32. The highest BCUT2D eigenvalue weighted by Crippen LogP contribution is 2.29. The lowest BCUT2D eigenvalue weighted by molar-refractivity contribution is 0.369. The Hall–Kier alpha value is -2.19. The van der Waals surface area contributed by atoms with Crippen LogP contribution in [0.3, 0.4) is 0 Å². The molecule has 1 aromatic carbocycles. The Kier molecular flexibility index (Phi) is 5.17. The monoisotopic (exact) mass is 336 g/mol. The van der Waals surface area contributed by atoms with E-state index in [9.17, 15) is 9.18 Å². The molecule has 23 heavy (non-hydrogen) atoms. The van der Waals surface area contributed by atoms with Crippen molar-refractivity contribution in [2.45, 2.75) is 20.3 Å². The lowest BCUT2D eigenvalue weighted by Crippen LogP contribution is -2.22. The fourth-order valence-electron chi connectivity index (χ4n) is 2.29. The highest BCUT2D eigenvalue weighted by atomic mass is 35.5. The lowest BCUT2D eigenvalue weighted by atomic mass is 10.1. The molecule has 0 aliphatic heterocycles. The average Bonchev–Trinajstić information content (AvgIpc) is 2.74. The van der Waals surface area contributed by atoms with Gasteiger partial charge < -0.3 is 4.74 Å². The number of aromatic nitrogens is 2. The third kappa shape index (κ3) is 3.59. The van der Waals surface area contributed by atoms with Gasteiger partial charge >= 0.3 is 5.69 Å². The molecule has 0 saturated carbocycles. The van der Waals surface area contributed by atoms with E-state index in [1.165, 1.54) is 15.2 Å². The second kappa shape index (κ2) is 6.93. The van der Waals surface area contributed by atoms with Crippen molar-refractivity contribution < 1.29 is 9.13 Å². The van der Waals surface area contributed by atoms with E-state index >= 15 is 0 Å². The predicted molar refractivity (Wildman–Crippen MR) is 88.8 cm³/mol. The van der Waals surface area contributed by atoms with E-state index in [4.69, 9.17) is 22.8 Å². The Morgan fingerprint density at radius 1 is 1.43 bits per heavy atom. The number of hydrogen-bond acceptors (Lipinski definition) is 2. The van der Waals surface area contributed by atoms with Gasteiger partial charge in [-0.05, 0) is 18.4 Å². The summed E-state index contributed by atoms with van der Waals surface area (Å²) in [7, 11) is 1.67. The van der Waals surface area contributed by atoms with Crippen molar-refractivity contribution in [1.29, 1.82) is 0 Å². The molecule has 4 nitrogen and oxygen atoms in total. The minimum atomic E-state index is -0.605. The Bertz CT molecular complexity index is 815. The first kappa shape index (κ1) is 17.2. The van der Waals surface area contributed by atoms with Gasteiger partial charge in [0.15, 0.2) is 0 Å². The zero-order chi connectivity index (χ0) is 17.1. The SMILES string of the molecule is C#CCOc1cc(-n2cc(CC(C)C)n(C)c2=O)c(F)cc1Cl. The maximum absolute atomic E-state index is 14.3. The molecule has 2 rings (SSSR count). The van der Waals surface area contributed by atoms with Crippen molar-refractivity contribution in [3.8, 4) is 23.8 Å². The van der Waals surface area contributed by atoms with E-state index in [-0.39, 0.29) is 28.8 Å². The quantitative estimate of drug-likeness (QED) is 0.786. The molecule has 0 amide bonds. The smallest absolute Gasteiger partial charge is 0.332 e. The third-order valence-corrected chi connectivity index (χ3v) is 3.69.